The normalized spacial score (nSPS) is 15.3. The van der Waals surface area contributed by atoms with E-state index in [0.29, 0.717) is 17.9 Å². The second kappa shape index (κ2) is 12.1. The molecule has 1 aliphatic rings. The standard InChI is InChI=1S/C16H25N3O3S.C4H10/c1-13-4-6-15(7-5-13)23(21,22)19(12-2-3-16(17)20)14-8-10-18-11-9-14;1-3-4-2/h4-7,14,18H,2-3,8-12H2,1H3,(H2,17,20);3-4H2,1-2H3. The van der Waals surface area contributed by atoms with Gasteiger partial charge in [0.25, 0.3) is 0 Å². The molecule has 0 aliphatic carbocycles. The number of primary amides is 1. The number of nitrogens with zero attached hydrogens (tertiary/aromatic N) is 1. The van der Waals surface area contributed by atoms with Gasteiger partial charge in [0.2, 0.25) is 15.9 Å². The zero-order valence-corrected chi connectivity index (χ0v) is 17.7. The van der Waals surface area contributed by atoms with Gasteiger partial charge >= 0.3 is 0 Å². The van der Waals surface area contributed by atoms with Crippen molar-refractivity contribution < 1.29 is 13.2 Å². The molecule has 1 aliphatic heterocycles. The Labute approximate surface area is 164 Å². The van der Waals surface area contributed by atoms with Crippen LogP contribution in [0.3, 0.4) is 0 Å². The van der Waals surface area contributed by atoms with Crippen LogP contribution < -0.4 is 11.1 Å². The third kappa shape index (κ3) is 7.99. The van der Waals surface area contributed by atoms with Gasteiger partial charge in [0.15, 0.2) is 0 Å². The summed E-state index contributed by atoms with van der Waals surface area (Å²) in [6.45, 7) is 8.22. The zero-order valence-electron chi connectivity index (χ0n) is 16.9. The van der Waals surface area contributed by atoms with Crippen molar-refractivity contribution in [1.82, 2.24) is 9.62 Å². The molecule has 0 atom stereocenters. The summed E-state index contributed by atoms with van der Waals surface area (Å²) in [5.41, 5.74) is 6.20. The molecule has 154 valence electrons. The van der Waals surface area contributed by atoms with Crippen molar-refractivity contribution in [3.63, 3.8) is 0 Å². The summed E-state index contributed by atoms with van der Waals surface area (Å²) < 4.78 is 27.6. The van der Waals surface area contributed by atoms with E-state index in [9.17, 15) is 13.2 Å². The minimum Gasteiger partial charge on any atom is -0.370 e. The van der Waals surface area contributed by atoms with Gasteiger partial charge in [-0.25, -0.2) is 8.42 Å². The fourth-order valence-corrected chi connectivity index (χ4v) is 4.57. The van der Waals surface area contributed by atoms with E-state index in [1.54, 1.807) is 28.6 Å². The number of aryl methyl sites for hydroxylation is 1. The quantitative estimate of drug-likeness (QED) is 0.705. The number of piperidine rings is 1. The molecule has 0 unspecified atom stereocenters. The van der Waals surface area contributed by atoms with Gasteiger partial charge in [0.05, 0.1) is 4.90 Å². The topological polar surface area (TPSA) is 92.5 Å². The minimum atomic E-state index is -3.56. The molecule has 1 aromatic carbocycles. The predicted molar refractivity (Wildman–Crippen MR) is 110 cm³/mol. The highest BCUT2D eigenvalue weighted by atomic mass is 32.2. The lowest BCUT2D eigenvalue weighted by molar-refractivity contribution is -0.118. The second-order valence-electron chi connectivity index (χ2n) is 6.98. The molecule has 1 heterocycles. The number of hydrogen-bond donors (Lipinski definition) is 2. The molecule has 1 aromatic rings. The van der Waals surface area contributed by atoms with Crippen molar-refractivity contribution in [3.05, 3.63) is 29.8 Å². The second-order valence-corrected chi connectivity index (χ2v) is 8.87. The van der Waals surface area contributed by atoms with E-state index < -0.39 is 15.9 Å². The van der Waals surface area contributed by atoms with Crippen molar-refractivity contribution in [2.75, 3.05) is 19.6 Å². The number of amides is 1. The lowest BCUT2D eigenvalue weighted by atomic mass is 10.1. The van der Waals surface area contributed by atoms with E-state index in [1.807, 2.05) is 6.92 Å². The van der Waals surface area contributed by atoms with Crippen LogP contribution >= 0.6 is 0 Å². The number of nitrogens with two attached hydrogens (primary N) is 1. The van der Waals surface area contributed by atoms with Gasteiger partial charge in [0, 0.05) is 19.0 Å². The van der Waals surface area contributed by atoms with E-state index >= 15 is 0 Å². The zero-order chi connectivity index (χ0) is 20.3. The Morgan fingerprint density at radius 2 is 1.70 bits per heavy atom. The Bertz CT molecular complexity index is 652. The number of nitrogens with one attached hydrogen (secondary N) is 1. The highest BCUT2D eigenvalue weighted by Crippen LogP contribution is 2.23. The van der Waals surface area contributed by atoms with Crippen LogP contribution in [0.15, 0.2) is 29.2 Å². The molecule has 1 amide bonds. The molecule has 3 N–H and O–H groups in total. The lowest BCUT2D eigenvalue weighted by Gasteiger charge is -2.33. The molecule has 0 radical (unpaired) electrons. The molecule has 0 bridgehead atoms. The Morgan fingerprint density at radius 3 is 2.19 bits per heavy atom. The van der Waals surface area contributed by atoms with E-state index in [-0.39, 0.29) is 12.5 Å². The first-order chi connectivity index (χ1) is 12.8. The van der Waals surface area contributed by atoms with Crippen molar-refractivity contribution in [1.29, 1.82) is 0 Å². The van der Waals surface area contributed by atoms with Crippen LogP contribution in [0, 0.1) is 6.92 Å². The van der Waals surface area contributed by atoms with E-state index in [1.165, 1.54) is 12.8 Å². The average molecular weight is 398 g/mol. The number of sulfonamides is 1. The van der Waals surface area contributed by atoms with Crippen LogP contribution in [0.2, 0.25) is 0 Å². The molecule has 0 aromatic heterocycles. The predicted octanol–water partition coefficient (Wildman–Crippen LogP) is 2.81. The molecule has 1 fully saturated rings. The van der Waals surface area contributed by atoms with Gasteiger partial charge in [-0.1, -0.05) is 44.4 Å². The first-order valence-electron chi connectivity index (χ1n) is 9.90. The minimum absolute atomic E-state index is 0.0320. The number of unbranched alkanes of at least 4 members (excludes halogenated alkanes) is 1. The monoisotopic (exact) mass is 397 g/mol. The smallest absolute Gasteiger partial charge is 0.243 e. The molecular weight excluding hydrogens is 362 g/mol. The molecular formula is C20H35N3O3S. The number of carbonyl (C=O) groups is 1. The fraction of sp³-hybridized carbons (Fsp3) is 0.650. The summed E-state index contributed by atoms with van der Waals surface area (Å²) in [5, 5.41) is 3.25. The lowest BCUT2D eigenvalue weighted by Crippen LogP contribution is -2.46. The third-order valence-corrected chi connectivity index (χ3v) is 6.61. The SMILES string of the molecule is CCCC.Cc1ccc(S(=O)(=O)N(CCCC(N)=O)C2CCNCC2)cc1. The Morgan fingerprint density at radius 1 is 1.15 bits per heavy atom. The van der Waals surface area contributed by atoms with E-state index in [2.05, 4.69) is 19.2 Å². The summed E-state index contributed by atoms with van der Waals surface area (Å²) >= 11 is 0. The molecule has 7 heteroatoms. The number of carbonyl (C=O) groups excluding carboxylic acids is 1. The molecule has 1 saturated heterocycles. The highest BCUT2D eigenvalue weighted by Gasteiger charge is 2.31. The number of benzene rings is 1. The van der Waals surface area contributed by atoms with Gasteiger partial charge in [-0.3, -0.25) is 4.79 Å². The number of hydrogen-bond acceptors (Lipinski definition) is 4. The van der Waals surface area contributed by atoms with Gasteiger partial charge in [-0.05, 0) is 51.4 Å². The van der Waals surface area contributed by atoms with Crippen LogP contribution in [0.4, 0.5) is 0 Å². The summed E-state index contributed by atoms with van der Waals surface area (Å²) in [6.07, 6.45) is 4.85. The summed E-state index contributed by atoms with van der Waals surface area (Å²) in [7, 11) is -3.56. The van der Waals surface area contributed by atoms with Crippen LogP contribution in [-0.4, -0.2) is 44.3 Å². The molecule has 27 heavy (non-hydrogen) atoms. The Balaban J connectivity index is 0.000000828. The number of rotatable bonds is 8. The van der Waals surface area contributed by atoms with E-state index in [0.717, 1.165) is 31.5 Å². The maximum atomic E-state index is 13.0. The van der Waals surface area contributed by atoms with Crippen molar-refractivity contribution in [2.24, 2.45) is 5.73 Å². The molecule has 0 saturated carbocycles. The van der Waals surface area contributed by atoms with Gasteiger partial charge in [-0.15, -0.1) is 0 Å². The largest absolute Gasteiger partial charge is 0.370 e. The maximum Gasteiger partial charge on any atom is 0.243 e. The molecule has 2 rings (SSSR count). The molecule has 6 nitrogen and oxygen atoms in total. The summed E-state index contributed by atoms with van der Waals surface area (Å²) in [4.78, 5) is 11.3. The van der Waals surface area contributed by atoms with Crippen LogP contribution in [0.5, 0.6) is 0 Å². The summed E-state index contributed by atoms with van der Waals surface area (Å²) in [5.74, 6) is -0.400. The van der Waals surface area contributed by atoms with Crippen LogP contribution in [0.1, 0.15) is 57.9 Å². The Hall–Kier alpha value is -1.44. The third-order valence-electron chi connectivity index (χ3n) is 4.65. The van der Waals surface area contributed by atoms with Gasteiger partial charge in [0.1, 0.15) is 0 Å². The summed E-state index contributed by atoms with van der Waals surface area (Å²) in [6, 6.07) is 6.86. The van der Waals surface area contributed by atoms with Gasteiger partial charge in [-0.2, -0.15) is 4.31 Å². The van der Waals surface area contributed by atoms with Crippen molar-refractivity contribution in [3.8, 4) is 0 Å². The van der Waals surface area contributed by atoms with Crippen molar-refractivity contribution in [2.45, 2.75) is 70.2 Å². The van der Waals surface area contributed by atoms with Crippen LogP contribution in [0.25, 0.3) is 0 Å². The molecule has 0 spiro atoms. The highest BCUT2D eigenvalue weighted by molar-refractivity contribution is 7.89. The Kier molecular flexibility index (Phi) is 10.6. The van der Waals surface area contributed by atoms with Crippen LogP contribution in [-0.2, 0) is 14.8 Å². The van der Waals surface area contributed by atoms with Gasteiger partial charge < -0.3 is 11.1 Å². The first kappa shape index (κ1) is 23.6. The average Bonchev–Trinajstić information content (AvgIpc) is 2.66. The fourth-order valence-electron chi connectivity index (χ4n) is 2.85. The van der Waals surface area contributed by atoms with Crippen molar-refractivity contribution >= 4 is 15.9 Å². The van der Waals surface area contributed by atoms with E-state index in [4.69, 9.17) is 5.73 Å². The first-order valence-corrected chi connectivity index (χ1v) is 11.3. The maximum absolute atomic E-state index is 13.0.